The molecule has 2 rings (SSSR count). The van der Waals surface area contributed by atoms with Gasteiger partial charge >= 0.3 is 6.03 Å². The Morgan fingerprint density at radius 1 is 1.30 bits per heavy atom. The van der Waals surface area contributed by atoms with Gasteiger partial charge in [-0.05, 0) is 48.7 Å². The number of hydrogen-bond donors (Lipinski definition) is 3. The second-order valence-electron chi connectivity index (χ2n) is 5.22. The number of anilines is 1. The SMILES string of the molecule is CC.CCNC(=O)Nc1cc(-c2cc(Cl)nc(OCCO)c2)c(C)cc1F. The van der Waals surface area contributed by atoms with Crippen LogP contribution in [0.4, 0.5) is 14.9 Å². The fraction of sp³-hybridized carbons (Fsp3) is 0.368. The van der Waals surface area contributed by atoms with Gasteiger partial charge in [-0.3, -0.25) is 0 Å². The third-order valence-corrected chi connectivity index (χ3v) is 3.52. The highest BCUT2D eigenvalue weighted by molar-refractivity contribution is 6.29. The lowest BCUT2D eigenvalue weighted by Crippen LogP contribution is -2.28. The predicted molar refractivity (Wildman–Crippen MR) is 106 cm³/mol. The summed E-state index contributed by atoms with van der Waals surface area (Å²) in [6.07, 6.45) is 0. The first kappa shape index (κ1) is 22.7. The summed E-state index contributed by atoms with van der Waals surface area (Å²) in [5, 5.41) is 14.1. The smallest absolute Gasteiger partial charge is 0.319 e. The van der Waals surface area contributed by atoms with E-state index >= 15 is 0 Å². The van der Waals surface area contributed by atoms with Crippen molar-refractivity contribution in [1.82, 2.24) is 10.3 Å². The zero-order valence-corrected chi connectivity index (χ0v) is 16.7. The van der Waals surface area contributed by atoms with Crippen molar-refractivity contribution in [3.8, 4) is 17.0 Å². The van der Waals surface area contributed by atoms with Crippen molar-refractivity contribution in [1.29, 1.82) is 0 Å². The highest BCUT2D eigenvalue weighted by Gasteiger charge is 2.13. The number of aromatic nitrogens is 1. The molecule has 0 aliphatic heterocycles. The topological polar surface area (TPSA) is 83.5 Å². The van der Waals surface area contributed by atoms with E-state index in [1.54, 1.807) is 26.0 Å². The van der Waals surface area contributed by atoms with Gasteiger partial charge in [0.1, 0.15) is 17.6 Å². The molecule has 1 aromatic heterocycles. The van der Waals surface area contributed by atoms with Gasteiger partial charge in [-0.1, -0.05) is 25.4 Å². The standard InChI is InChI=1S/C17H19ClFN3O3.C2H6/c1-3-20-17(24)21-14-9-12(10(2)6-13(14)19)11-7-15(18)22-16(8-11)25-5-4-23;1-2/h6-9,23H,3-5H2,1-2H3,(H2,20,21,24);1-2H3. The van der Waals surface area contributed by atoms with Gasteiger partial charge in [0.2, 0.25) is 5.88 Å². The molecule has 27 heavy (non-hydrogen) atoms. The number of benzene rings is 1. The van der Waals surface area contributed by atoms with E-state index in [-0.39, 0.29) is 29.9 Å². The number of ether oxygens (including phenoxy) is 1. The van der Waals surface area contributed by atoms with E-state index in [9.17, 15) is 9.18 Å². The first-order chi connectivity index (χ1) is 12.9. The predicted octanol–water partition coefficient (Wildman–Crippen LogP) is 4.39. The third-order valence-electron chi connectivity index (χ3n) is 3.32. The molecule has 1 heterocycles. The molecule has 148 valence electrons. The van der Waals surface area contributed by atoms with Crippen LogP contribution in [0.15, 0.2) is 24.3 Å². The Hall–Kier alpha value is -2.38. The van der Waals surface area contributed by atoms with Crippen LogP contribution in [0.5, 0.6) is 5.88 Å². The largest absolute Gasteiger partial charge is 0.475 e. The number of pyridine rings is 1. The van der Waals surface area contributed by atoms with Gasteiger partial charge in [0.25, 0.3) is 0 Å². The Morgan fingerprint density at radius 3 is 2.63 bits per heavy atom. The minimum Gasteiger partial charge on any atom is -0.475 e. The van der Waals surface area contributed by atoms with E-state index in [0.29, 0.717) is 23.2 Å². The number of amides is 2. The first-order valence-corrected chi connectivity index (χ1v) is 9.09. The lowest BCUT2D eigenvalue weighted by atomic mass is 10.0. The summed E-state index contributed by atoms with van der Waals surface area (Å²) in [6.45, 7) is 7.87. The number of carbonyl (C=O) groups excluding carboxylic acids is 1. The second kappa shape index (κ2) is 11.4. The molecule has 8 heteroatoms. The number of urea groups is 1. The van der Waals surface area contributed by atoms with Crippen LogP contribution in [-0.2, 0) is 0 Å². The number of nitrogens with one attached hydrogen (secondary N) is 2. The highest BCUT2D eigenvalue weighted by atomic mass is 35.5. The average molecular weight is 398 g/mol. The summed E-state index contributed by atoms with van der Waals surface area (Å²) in [5.74, 6) is -0.289. The maximum absolute atomic E-state index is 14.1. The van der Waals surface area contributed by atoms with Crippen LogP contribution in [0.25, 0.3) is 11.1 Å². The van der Waals surface area contributed by atoms with Crippen molar-refractivity contribution in [3.05, 3.63) is 40.8 Å². The zero-order chi connectivity index (χ0) is 20.4. The Bertz CT molecular complexity index is 772. The molecule has 2 aromatic rings. The molecular formula is C19H25ClFN3O3. The molecule has 6 nitrogen and oxygen atoms in total. The van der Waals surface area contributed by atoms with E-state index in [0.717, 1.165) is 0 Å². The Kier molecular flexibility index (Phi) is 9.53. The van der Waals surface area contributed by atoms with Crippen LogP contribution in [0, 0.1) is 12.7 Å². The molecule has 0 bridgehead atoms. The van der Waals surface area contributed by atoms with Crippen LogP contribution < -0.4 is 15.4 Å². The molecule has 0 radical (unpaired) electrons. The zero-order valence-electron chi connectivity index (χ0n) is 15.9. The minimum absolute atomic E-state index is 0.0531. The van der Waals surface area contributed by atoms with Gasteiger partial charge in [0.05, 0.1) is 12.3 Å². The Labute approximate surface area is 163 Å². The molecule has 0 atom stereocenters. The molecule has 0 saturated heterocycles. The fourth-order valence-corrected chi connectivity index (χ4v) is 2.46. The molecule has 0 aliphatic carbocycles. The molecule has 0 saturated carbocycles. The van der Waals surface area contributed by atoms with Crippen LogP contribution >= 0.6 is 11.6 Å². The first-order valence-electron chi connectivity index (χ1n) is 8.71. The number of aliphatic hydroxyl groups is 1. The molecule has 0 aliphatic rings. The number of hydrogen-bond acceptors (Lipinski definition) is 4. The number of nitrogens with zero attached hydrogens (tertiary/aromatic N) is 1. The Morgan fingerprint density at radius 2 is 2.00 bits per heavy atom. The van der Waals surface area contributed by atoms with Gasteiger partial charge in [0.15, 0.2) is 0 Å². The lowest BCUT2D eigenvalue weighted by molar-refractivity contribution is 0.197. The van der Waals surface area contributed by atoms with E-state index in [4.69, 9.17) is 21.4 Å². The van der Waals surface area contributed by atoms with E-state index in [1.807, 2.05) is 13.8 Å². The van der Waals surface area contributed by atoms with Gasteiger partial charge in [0, 0.05) is 12.6 Å². The number of aliphatic hydroxyl groups excluding tert-OH is 1. The van der Waals surface area contributed by atoms with E-state index < -0.39 is 11.8 Å². The molecule has 2 amide bonds. The number of halogens is 2. The normalized spacial score (nSPS) is 9.89. The summed E-state index contributed by atoms with van der Waals surface area (Å²) in [7, 11) is 0. The number of aryl methyl sites for hydroxylation is 1. The van der Waals surface area contributed by atoms with Crippen molar-refractivity contribution >= 4 is 23.3 Å². The van der Waals surface area contributed by atoms with E-state index in [2.05, 4.69) is 15.6 Å². The summed E-state index contributed by atoms with van der Waals surface area (Å²) in [4.78, 5) is 15.7. The van der Waals surface area contributed by atoms with Gasteiger partial charge in [-0.15, -0.1) is 0 Å². The van der Waals surface area contributed by atoms with Crippen molar-refractivity contribution in [2.45, 2.75) is 27.7 Å². The second-order valence-corrected chi connectivity index (χ2v) is 5.61. The van der Waals surface area contributed by atoms with Crippen LogP contribution in [0.3, 0.4) is 0 Å². The molecular weight excluding hydrogens is 373 g/mol. The van der Waals surface area contributed by atoms with Crippen LogP contribution in [0.1, 0.15) is 26.3 Å². The third kappa shape index (κ3) is 6.69. The summed E-state index contributed by atoms with van der Waals surface area (Å²) < 4.78 is 19.4. The quantitative estimate of drug-likeness (QED) is 0.631. The maximum atomic E-state index is 14.1. The van der Waals surface area contributed by atoms with Crippen molar-refractivity contribution in [2.75, 3.05) is 25.1 Å². The average Bonchev–Trinajstić information content (AvgIpc) is 2.63. The van der Waals surface area contributed by atoms with Gasteiger partial charge in [-0.25, -0.2) is 14.2 Å². The highest BCUT2D eigenvalue weighted by Crippen LogP contribution is 2.32. The van der Waals surface area contributed by atoms with Crippen LogP contribution in [0.2, 0.25) is 5.15 Å². The molecule has 0 spiro atoms. The number of rotatable bonds is 6. The van der Waals surface area contributed by atoms with Gasteiger partial charge < -0.3 is 20.5 Å². The fourth-order valence-electron chi connectivity index (χ4n) is 2.26. The molecule has 3 N–H and O–H groups in total. The van der Waals surface area contributed by atoms with Gasteiger partial charge in [-0.2, -0.15) is 0 Å². The van der Waals surface area contributed by atoms with Crippen molar-refractivity contribution in [3.63, 3.8) is 0 Å². The van der Waals surface area contributed by atoms with Crippen molar-refractivity contribution in [2.24, 2.45) is 0 Å². The van der Waals surface area contributed by atoms with E-state index in [1.165, 1.54) is 12.1 Å². The summed E-state index contributed by atoms with van der Waals surface area (Å²) >= 11 is 6.02. The molecule has 0 fully saturated rings. The minimum atomic E-state index is -0.538. The lowest BCUT2D eigenvalue weighted by Gasteiger charge is -2.13. The van der Waals surface area contributed by atoms with Crippen LogP contribution in [-0.4, -0.2) is 35.9 Å². The Balaban J connectivity index is 0.00000176. The number of carbonyl (C=O) groups is 1. The molecule has 1 aromatic carbocycles. The monoisotopic (exact) mass is 397 g/mol. The maximum Gasteiger partial charge on any atom is 0.319 e. The summed E-state index contributed by atoms with van der Waals surface area (Å²) in [6, 6.07) is 5.62. The molecule has 0 unspecified atom stereocenters. The van der Waals surface area contributed by atoms with Crippen molar-refractivity contribution < 1.29 is 19.0 Å². The summed E-state index contributed by atoms with van der Waals surface area (Å²) in [5.41, 5.74) is 2.04.